The van der Waals surface area contributed by atoms with Gasteiger partial charge < -0.3 is 13.2 Å². The summed E-state index contributed by atoms with van der Waals surface area (Å²) in [4.78, 5) is 0. The van der Waals surface area contributed by atoms with Crippen LogP contribution < -0.4 is 0 Å². The molecule has 0 spiro atoms. The number of nitriles is 1. The Morgan fingerprint density at radius 2 is 0.756 bits per heavy atom. The SMILES string of the molecule is N#Cc1ccc2c(c1)c1cccc3c1n2c1cccc2c4ccccc4n(c4cccc5c6ccccc6n3c54)c21. The van der Waals surface area contributed by atoms with E-state index in [2.05, 4.69) is 128 Å². The summed E-state index contributed by atoms with van der Waals surface area (Å²) in [6.45, 7) is 0. The normalized spacial score (nSPS) is 12.4. The van der Waals surface area contributed by atoms with Crippen molar-refractivity contribution in [2.24, 2.45) is 0 Å². The first-order valence-electron chi connectivity index (χ1n) is 13.9. The van der Waals surface area contributed by atoms with Crippen LogP contribution in [0.1, 0.15) is 5.56 Å². The van der Waals surface area contributed by atoms with E-state index in [1.165, 1.54) is 43.6 Å². The van der Waals surface area contributed by atoms with Crippen molar-refractivity contribution in [2.75, 3.05) is 0 Å². The van der Waals surface area contributed by atoms with Crippen LogP contribution in [-0.2, 0) is 0 Å². The van der Waals surface area contributed by atoms with Crippen molar-refractivity contribution < 1.29 is 0 Å². The van der Waals surface area contributed by atoms with Crippen molar-refractivity contribution in [1.82, 2.24) is 13.2 Å². The first-order valence-corrected chi connectivity index (χ1v) is 13.9. The predicted octanol–water partition coefficient (Wildman–Crippen LogP) is 9.24. The smallest absolute Gasteiger partial charge is 0.0991 e. The molecule has 0 unspecified atom stereocenters. The van der Waals surface area contributed by atoms with Crippen molar-refractivity contribution in [3.8, 4) is 6.07 Å². The number of hydrogen-bond acceptors (Lipinski definition) is 1. The number of aromatic nitrogens is 3. The van der Waals surface area contributed by atoms with Crippen molar-refractivity contribution in [3.63, 3.8) is 0 Å². The lowest BCUT2D eigenvalue weighted by Gasteiger charge is -2.05. The third-order valence-corrected chi connectivity index (χ3v) is 8.96. The molecule has 4 heteroatoms. The average Bonchev–Trinajstić information content (AvgIpc) is 3.67. The fourth-order valence-corrected chi connectivity index (χ4v) is 7.41. The van der Waals surface area contributed by atoms with E-state index in [0.29, 0.717) is 5.56 Å². The molecule has 4 aromatic heterocycles. The lowest BCUT2D eigenvalue weighted by molar-refractivity contribution is 1.31. The second kappa shape index (κ2) is 7.24. The zero-order chi connectivity index (χ0) is 26.8. The van der Waals surface area contributed by atoms with Crippen LogP contribution in [0.5, 0.6) is 0 Å². The number of para-hydroxylation sites is 5. The Labute approximate surface area is 233 Å². The summed E-state index contributed by atoms with van der Waals surface area (Å²) >= 11 is 0. The minimum Gasteiger partial charge on any atom is -0.305 e. The summed E-state index contributed by atoms with van der Waals surface area (Å²) in [6, 6.07) is 45.8. The van der Waals surface area contributed by atoms with Gasteiger partial charge in [0, 0.05) is 32.3 Å². The lowest BCUT2D eigenvalue weighted by Crippen LogP contribution is -1.90. The van der Waals surface area contributed by atoms with E-state index >= 15 is 0 Å². The topological polar surface area (TPSA) is 37.0 Å². The quantitative estimate of drug-likeness (QED) is 0.196. The first-order chi connectivity index (χ1) is 20.3. The number of rotatable bonds is 0. The van der Waals surface area contributed by atoms with Crippen LogP contribution in [0.4, 0.5) is 0 Å². The predicted molar refractivity (Wildman–Crippen MR) is 169 cm³/mol. The van der Waals surface area contributed by atoms with Gasteiger partial charge in [-0.15, -0.1) is 0 Å². The van der Waals surface area contributed by atoms with E-state index in [1.54, 1.807) is 0 Å². The molecule has 0 fully saturated rings. The van der Waals surface area contributed by atoms with Gasteiger partial charge in [-0.1, -0.05) is 72.8 Å². The highest BCUT2D eigenvalue weighted by atomic mass is 15.0. The van der Waals surface area contributed by atoms with Crippen molar-refractivity contribution >= 4 is 82.0 Å². The largest absolute Gasteiger partial charge is 0.305 e. The van der Waals surface area contributed by atoms with Crippen molar-refractivity contribution in [2.45, 2.75) is 0 Å². The van der Waals surface area contributed by atoms with Gasteiger partial charge in [-0.05, 0) is 48.5 Å². The van der Waals surface area contributed by atoms with Crippen LogP contribution in [-0.4, -0.2) is 13.2 Å². The molecule has 0 N–H and O–H groups in total. The highest BCUT2D eigenvalue weighted by Crippen LogP contribution is 2.41. The molecule has 0 atom stereocenters. The summed E-state index contributed by atoms with van der Waals surface area (Å²) < 4.78 is 7.34. The van der Waals surface area contributed by atoms with Gasteiger partial charge in [0.25, 0.3) is 0 Å². The molecule has 6 aromatic carbocycles. The molecule has 0 aliphatic heterocycles. The van der Waals surface area contributed by atoms with Gasteiger partial charge >= 0.3 is 0 Å². The molecule has 188 valence electrons. The minimum absolute atomic E-state index is 0.667. The van der Waals surface area contributed by atoms with E-state index in [1.807, 2.05) is 12.1 Å². The summed E-state index contributed by atoms with van der Waals surface area (Å²) in [7, 11) is 0. The van der Waals surface area contributed by atoms with Crippen molar-refractivity contribution in [3.05, 3.63) is 127 Å². The molecular weight excluding hydrogens is 500 g/mol. The van der Waals surface area contributed by atoms with Crippen molar-refractivity contribution in [1.29, 1.82) is 5.26 Å². The summed E-state index contributed by atoms with van der Waals surface area (Å²) in [5.41, 5.74) is 11.0. The van der Waals surface area contributed by atoms with Crippen LogP contribution in [0.25, 0.3) is 82.0 Å². The highest BCUT2D eigenvalue weighted by molar-refractivity contribution is 6.22. The van der Waals surface area contributed by atoms with Crippen LogP contribution >= 0.6 is 0 Å². The molecule has 0 amide bonds. The Bertz CT molecular complexity index is 2810. The van der Waals surface area contributed by atoms with Crippen LogP contribution in [0.3, 0.4) is 0 Å². The summed E-state index contributed by atoms with van der Waals surface area (Å²) in [5, 5.41) is 16.9. The Balaban J connectivity index is 1.73. The van der Waals surface area contributed by atoms with Gasteiger partial charge in [-0.25, -0.2) is 0 Å². The fraction of sp³-hybridized carbons (Fsp3) is 0. The van der Waals surface area contributed by atoms with Crippen LogP contribution in [0, 0.1) is 11.3 Å². The molecule has 0 aliphatic carbocycles. The standard InChI is InChI=1S/C37H20N4/c38-21-22-18-19-31-28(20-22)27-12-7-17-34-37(27)41(31)33-16-6-11-26-24-9-1-3-13-29(24)39(36(26)33)32-15-5-10-25-23-8-2-4-14-30(23)40(34)35(25)32/h1-20H. The number of hydrogen-bond donors (Lipinski definition) is 0. The highest BCUT2D eigenvalue weighted by Gasteiger charge is 2.21. The van der Waals surface area contributed by atoms with E-state index in [9.17, 15) is 5.26 Å². The molecular formula is C37H20N4. The summed E-state index contributed by atoms with van der Waals surface area (Å²) in [5.74, 6) is 0. The maximum atomic E-state index is 9.80. The van der Waals surface area contributed by atoms with Crippen LogP contribution in [0.15, 0.2) is 121 Å². The van der Waals surface area contributed by atoms with E-state index < -0.39 is 0 Å². The van der Waals surface area contributed by atoms with Gasteiger partial charge in [0.15, 0.2) is 0 Å². The molecule has 0 aliphatic rings. The van der Waals surface area contributed by atoms with E-state index in [4.69, 9.17) is 0 Å². The average molecular weight is 521 g/mol. The first kappa shape index (κ1) is 21.1. The molecule has 0 bridgehead atoms. The second-order valence-electron chi connectivity index (χ2n) is 10.9. The van der Waals surface area contributed by atoms with Gasteiger partial charge in [-0.2, -0.15) is 5.26 Å². The molecule has 4 nitrogen and oxygen atoms in total. The molecule has 0 saturated carbocycles. The molecule has 41 heavy (non-hydrogen) atoms. The zero-order valence-electron chi connectivity index (χ0n) is 21.8. The summed E-state index contributed by atoms with van der Waals surface area (Å²) in [6.07, 6.45) is 0. The maximum absolute atomic E-state index is 9.80. The Morgan fingerprint density at radius 1 is 0.366 bits per heavy atom. The molecule has 0 radical (unpaired) electrons. The lowest BCUT2D eigenvalue weighted by atomic mass is 10.1. The number of fused-ring (bicyclic) bond motifs is 12. The van der Waals surface area contributed by atoms with E-state index in [-0.39, 0.29) is 0 Å². The minimum atomic E-state index is 0.667. The second-order valence-corrected chi connectivity index (χ2v) is 10.9. The maximum Gasteiger partial charge on any atom is 0.0991 e. The zero-order valence-corrected chi connectivity index (χ0v) is 21.8. The third kappa shape index (κ3) is 2.42. The monoisotopic (exact) mass is 520 g/mol. The molecule has 10 rings (SSSR count). The number of benzene rings is 6. The van der Waals surface area contributed by atoms with Gasteiger partial charge in [0.05, 0.1) is 61.3 Å². The fourth-order valence-electron chi connectivity index (χ4n) is 7.41. The Morgan fingerprint density at radius 3 is 1.24 bits per heavy atom. The molecule has 0 saturated heterocycles. The van der Waals surface area contributed by atoms with Gasteiger partial charge in [0.2, 0.25) is 0 Å². The van der Waals surface area contributed by atoms with Gasteiger partial charge in [-0.3, -0.25) is 0 Å². The van der Waals surface area contributed by atoms with Crippen LogP contribution in [0.2, 0.25) is 0 Å². The molecule has 10 aromatic rings. The number of nitrogens with zero attached hydrogens (tertiary/aromatic N) is 4. The Kier molecular flexibility index (Phi) is 3.72. The molecule has 4 heterocycles. The third-order valence-electron chi connectivity index (χ3n) is 8.96. The van der Waals surface area contributed by atoms with Gasteiger partial charge in [0.1, 0.15) is 0 Å². The Hall–Kier alpha value is -5.79. The van der Waals surface area contributed by atoms with E-state index in [0.717, 1.165) is 38.4 Å².